The van der Waals surface area contributed by atoms with Crippen molar-refractivity contribution in [1.29, 1.82) is 0 Å². The Morgan fingerprint density at radius 1 is 1.04 bits per heavy atom. The summed E-state index contributed by atoms with van der Waals surface area (Å²) >= 11 is 0. The average molecular weight is 333 g/mol. The molecule has 0 aliphatic carbocycles. The van der Waals surface area contributed by atoms with Crippen molar-refractivity contribution in [3.8, 4) is 0 Å². The van der Waals surface area contributed by atoms with Gasteiger partial charge in [-0.1, -0.05) is 6.07 Å². The van der Waals surface area contributed by atoms with Gasteiger partial charge < -0.3 is 10.2 Å². The van der Waals surface area contributed by atoms with Gasteiger partial charge in [0.25, 0.3) is 11.8 Å². The van der Waals surface area contributed by atoms with Crippen LogP contribution in [0.1, 0.15) is 34.8 Å². The lowest BCUT2D eigenvalue weighted by molar-refractivity contribution is 0.0767. The maximum atomic E-state index is 13.2. The van der Waals surface area contributed by atoms with Crippen molar-refractivity contribution in [2.75, 3.05) is 18.4 Å². The molecule has 0 bridgehead atoms. The lowest BCUT2D eigenvalue weighted by atomic mass is 10.2. The Hall–Kier alpha value is -2.83. The van der Waals surface area contributed by atoms with Crippen molar-refractivity contribution in [2.45, 2.75) is 13.8 Å². The molecule has 0 spiro atoms. The second-order valence-electron chi connectivity index (χ2n) is 4.97. The number of carbonyl (C=O) groups is 2. The molecular weight excluding hydrogens is 316 g/mol. The molecule has 5 nitrogen and oxygen atoms in total. The zero-order chi connectivity index (χ0) is 17.7. The molecule has 1 aromatic carbocycles. The van der Waals surface area contributed by atoms with Crippen LogP contribution >= 0.6 is 0 Å². The van der Waals surface area contributed by atoms with Crippen molar-refractivity contribution in [3.63, 3.8) is 0 Å². The van der Waals surface area contributed by atoms with Crippen LogP contribution in [0.5, 0.6) is 0 Å². The van der Waals surface area contributed by atoms with Crippen LogP contribution in [0.3, 0.4) is 0 Å². The van der Waals surface area contributed by atoms with Gasteiger partial charge in [0.1, 0.15) is 11.4 Å². The number of hydrogen-bond donors (Lipinski definition) is 1. The van der Waals surface area contributed by atoms with E-state index in [1.165, 1.54) is 18.2 Å². The third kappa shape index (κ3) is 3.92. The number of benzene rings is 1. The largest absolute Gasteiger partial charge is 0.338 e. The number of aromatic nitrogens is 1. The predicted molar refractivity (Wildman–Crippen MR) is 85.8 cm³/mol. The smallest absolute Gasteiger partial charge is 0.274 e. The van der Waals surface area contributed by atoms with E-state index in [1.54, 1.807) is 11.0 Å². The minimum absolute atomic E-state index is 0.0118. The SMILES string of the molecule is CCN(CC)C(=O)c1cccc(C(=O)Nc2ccc(F)c(F)c2)n1. The van der Waals surface area contributed by atoms with E-state index >= 15 is 0 Å². The van der Waals surface area contributed by atoms with Gasteiger partial charge in [-0.15, -0.1) is 0 Å². The summed E-state index contributed by atoms with van der Waals surface area (Å²) in [5.74, 6) is -2.96. The number of pyridine rings is 1. The van der Waals surface area contributed by atoms with Gasteiger partial charge in [-0.3, -0.25) is 9.59 Å². The quantitative estimate of drug-likeness (QED) is 0.914. The van der Waals surface area contributed by atoms with E-state index in [0.717, 1.165) is 12.1 Å². The van der Waals surface area contributed by atoms with Gasteiger partial charge in [-0.25, -0.2) is 13.8 Å². The predicted octanol–water partition coefficient (Wildman–Crippen LogP) is 3.09. The molecule has 0 atom stereocenters. The molecule has 0 aliphatic rings. The zero-order valence-corrected chi connectivity index (χ0v) is 13.3. The topological polar surface area (TPSA) is 62.3 Å². The number of rotatable bonds is 5. The summed E-state index contributed by atoms with van der Waals surface area (Å²) in [6.07, 6.45) is 0. The minimum Gasteiger partial charge on any atom is -0.338 e. The minimum atomic E-state index is -1.06. The van der Waals surface area contributed by atoms with Crippen molar-refractivity contribution in [1.82, 2.24) is 9.88 Å². The van der Waals surface area contributed by atoms with Crippen LogP contribution in [0.25, 0.3) is 0 Å². The van der Waals surface area contributed by atoms with E-state index in [1.807, 2.05) is 13.8 Å². The van der Waals surface area contributed by atoms with E-state index in [-0.39, 0.29) is 23.0 Å². The molecule has 2 amide bonds. The summed E-state index contributed by atoms with van der Waals surface area (Å²) in [7, 11) is 0. The van der Waals surface area contributed by atoms with Crippen LogP contribution in [-0.2, 0) is 0 Å². The number of nitrogens with zero attached hydrogens (tertiary/aromatic N) is 2. The molecule has 1 heterocycles. The highest BCUT2D eigenvalue weighted by Crippen LogP contribution is 2.14. The highest BCUT2D eigenvalue weighted by atomic mass is 19.2. The van der Waals surface area contributed by atoms with E-state index in [4.69, 9.17) is 0 Å². The van der Waals surface area contributed by atoms with Gasteiger partial charge in [-0.05, 0) is 38.1 Å². The third-order valence-corrected chi connectivity index (χ3v) is 3.43. The molecule has 0 radical (unpaired) electrons. The standard InChI is InChI=1S/C17H17F2N3O2/c1-3-22(4-2)17(24)15-7-5-6-14(21-15)16(23)20-11-8-9-12(18)13(19)10-11/h5-10H,3-4H2,1-2H3,(H,20,23). The Labute approximate surface area is 138 Å². The second-order valence-corrected chi connectivity index (χ2v) is 4.97. The van der Waals surface area contributed by atoms with Crippen molar-refractivity contribution in [3.05, 3.63) is 59.4 Å². The maximum Gasteiger partial charge on any atom is 0.274 e. The van der Waals surface area contributed by atoms with Crippen LogP contribution in [0, 0.1) is 11.6 Å². The van der Waals surface area contributed by atoms with Gasteiger partial charge in [-0.2, -0.15) is 0 Å². The van der Waals surface area contributed by atoms with Gasteiger partial charge >= 0.3 is 0 Å². The second kappa shape index (κ2) is 7.63. The molecule has 2 aromatic rings. The van der Waals surface area contributed by atoms with E-state index < -0.39 is 17.5 Å². The first-order valence-corrected chi connectivity index (χ1v) is 7.49. The molecule has 0 fully saturated rings. The lowest BCUT2D eigenvalue weighted by Gasteiger charge is -2.18. The Morgan fingerprint density at radius 2 is 1.71 bits per heavy atom. The van der Waals surface area contributed by atoms with E-state index in [0.29, 0.717) is 13.1 Å². The fourth-order valence-corrected chi connectivity index (χ4v) is 2.12. The fourth-order valence-electron chi connectivity index (χ4n) is 2.12. The van der Waals surface area contributed by atoms with Crippen LogP contribution in [-0.4, -0.2) is 34.8 Å². The Morgan fingerprint density at radius 3 is 2.33 bits per heavy atom. The molecule has 0 saturated carbocycles. The Kier molecular flexibility index (Phi) is 5.57. The summed E-state index contributed by atoms with van der Waals surface area (Å²) in [5, 5.41) is 2.42. The van der Waals surface area contributed by atoms with Crippen molar-refractivity contribution < 1.29 is 18.4 Å². The number of hydrogen-bond acceptors (Lipinski definition) is 3. The monoisotopic (exact) mass is 333 g/mol. The molecule has 0 aliphatic heterocycles. The maximum absolute atomic E-state index is 13.2. The van der Waals surface area contributed by atoms with E-state index in [2.05, 4.69) is 10.3 Å². The molecule has 1 aromatic heterocycles. The van der Waals surface area contributed by atoms with Gasteiger partial charge in [0.05, 0.1) is 0 Å². The summed E-state index contributed by atoms with van der Waals surface area (Å²) in [4.78, 5) is 30.1. The molecule has 2 rings (SSSR count). The highest BCUT2D eigenvalue weighted by Gasteiger charge is 2.16. The zero-order valence-electron chi connectivity index (χ0n) is 13.3. The number of carbonyl (C=O) groups excluding carboxylic acids is 2. The average Bonchev–Trinajstić information content (AvgIpc) is 2.59. The number of halogens is 2. The first kappa shape index (κ1) is 17.5. The number of anilines is 1. The summed E-state index contributed by atoms with van der Waals surface area (Å²) in [5.41, 5.74) is 0.260. The normalized spacial score (nSPS) is 10.3. The van der Waals surface area contributed by atoms with Crippen LogP contribution in [0.15, 0.2) is 36.4 Å². The van der Waals surface area contributed by atoms with Crippen molar-refractivity contribution >= 4 is 17.5 Å². The molecule has 0 unspecified atom stereocenters. The number of amides is 2. The molecule has 126 valence electrons. The van der Waals surface area contributed by atoms with Gasteiger partial charge in [0.2, 0.25) is 0 Å². The Bertz CT molecular complexity index is 761. The van der Waals surface area contributed by atoms with Gasteiger partial charge in [0.15, 0.2) is 11.6 Å². The van der Waals surface area contributed by atoms with Gasteiger partial charge in [0, 0.05) is 24.8 Å². The molecule has 7 heteroatoms. The molecular formula is C17H17F2N3O2. The first-order valence-electron chi connectivity index (χ1n) is 7.49. The highest BCUT2D eigenvalue weighted by molar-refractivity contribution is 6.03. The van der Waals surface area contributed by atoms with Crippen LogP contribution in [0.2, 0.25) is 0 Å². The summed E-state index contributed by atoms with van der Waals surface area (Å²) in [6, 6.07) is 7.53. The summed E-state index contributed by atoms with van der Waals surface area (Å²) < 4.78 is 26.1. The molecule has 1 N–H and O–H groups in total. The Balaban J connectivity index is 2.19. The molecule has 24 heavy (non-hydrogen) atoms. The summed E-state index contributed by atoms with van der Waals surface area (Å²) in [6.45, 7) is 4.76. The lowest BCUT2D eigenvalue weighted by Crippen LogP contribution is -2.31. The fraction of sp³-hybridized carbons (Fsp3) is 0.235. The molecule has 0 saturated heterocycles. The third-order valence-electron chi connectivity index (χ3n) is 3.43. The van der Waals surface area contributed by atoms with E-state index in [9.17, 15) is 18.4 Å². The van der Waals surface area contributed by atoms with Crippen molar-refractivity contribution in [2.24, 2.45) is 0 Å². The van der Waals surface area contributed by atoms with Crippen LogP contribution < -0.4 is 5.32 Å². The number of nitrogens with one attached hydrogen (secondary N) is 1. The van der Waals surface area contributed by atoms with Crippen LogP contribution in [0.4, 0.5) is 14.5 Å². The first-order chi connectivity index (χ1) is 11.5.